The Balaban J connectivity index is 2.22. The fraction of sp³-hybridized carbons (Fsp3) is 0.133. The summed E-state index contributed by atoms with van der Waals surface area (Å²) in [6.07, 6.45) is 0. The molecular formula is C15H13ClFNO2. The molecule has 2 rings (SSSR count). The number of aromatic carboxylic acids is 1. The van der Waals surface area contributed by atoms with Gasteiger partial charge in [0.1, 0.15) is 5.82 Å². The lowest BCUT2D eigenvalue weighted by molar-refractivity contribution is 0.0697. The van der Waals surface area contributed by atoms with E-state index in [9.17, 15) is 9.18 Å². The highest BCUT2D eigenvalue weighted by atomic mass is 35.5. The molecular weight excluding hydrogens is 281 g/mol. The van der Waals surface area contributed by atoms with E-state index in [0.29, 0.717) is 5.02 Å². The standard InChI is InChI=1S/C15H13ClFNO2/c1-9(10-2-5-12(16)6-3-10)18-14-8-11(15(19)20)4-7-13(14)17/h2-9,18H,1H3,(H,19,20). The van der Waals surface area contributed by atoms with Gasteiger partial charge in [-0.2, -0.15) is 0 Å². The van der Waals surface area contributed by atoms with Crippen LogP contribution in [-0.4, -0.2) is 11.1 Å². The van der Waals surface area contributed by atoms with Crippen LogP contribution in [0.25, 0.3) is 0 Å². The molecule has 0 heterocycles. The molecule has 2 aromatic carbocycles. The quantitative estimate of drug-likeness (QED) is 0.881. The van der Waals surface area contributed by atoms with Crippen molar-refractivity contribution in [2.45, 2.75) is 13.0 Å². The van der Waals surface area contributed by atoms with Crippen LogP contribution < -0.4 is 5.32 Å². The zero-order valence-electron chi connectivity index (χ0n) is 10.7. The number of hydrogen-bond acceptors (Lipinski definition) is 2. The van der Waals surface area contributed by atoms with Crippen molar-refractivity contribution in [1.29, 1.82) is 0 Å². The van der Waals surface area contributed by atoms with Crippen molar-refractivity contribution in [3.63, 3.8) is 0 Å². The Labute approximate surface area is 121 Å². The molecule has 0 spiro atoms. The van der Waals surface area contributed by atoms with Crippen molar-refractivity contribution >= 4 is 23.3 Å². The predicted molar refractivity (Wildman–Crippen MR) is 76.8 cm³/mol. The summed E-state index contributed by atoms with van der Waals surface area (Å²) in [7, 11) is 0. The number of carboxylic acid groups (broad SMARTS) is 1. The Morgan fingerprint density at radius 2 is 1.90 bits per heavy atom. The van der Waals surface area contributed by atoms with E-state index in [1.807, 2.05) is 19.1 Å². The third-order valence-corrected chi connectivity index (χ3v) is 3.21. The van der Waals surface area contributed by atoms with Gasteiger partial charge < -0.3 is 10.4 Å². The number of hydrogen-bond donors (Lipinski definition) is 2. The summed E-state index contributed by atoms with van der Waals surface area (Å²) >= 11 is 5.81. The zero-order chi connectivity index (χ0) is 14.7. The molecule has 104 valence electrons. The van der Waals surface area contributed by atoms with Gasteiger partial charge in [0.25, 0.3) is 0 Å². The van der Waals surface area contributed by atoms with Gasteiger partial charge in [0.05, 0.1) is 11.3 Å². The van der Waals surface area contributed by atoms with Gasteiger partial charge in [-0.3, -0.25) is 0 Å². The lowest BCUT2D eigenvalue weighted by Gasteiger charge is -2.16. The number of benzene rings is 2. The molecule has 0 saturated heterocycles. The summed E-state index contributed by atoms with van der Waals surface area (Å²) in [6.45, 7) is 1.86. The molecule has 0 radical (unpaired) electrons. The molecule has 1 unspecified atom stereocenters. The summed E-state index contributed by atoms with van der Waals surface area (Å²) in [5.41, 5.74) is 1.12. The average molecular weight is 294 g/mol. The molecule has 0 saturated carbocycles. The van der Waals surface area contributed by atoms with E-state index in [1.165, 1.54) is 12.1 Å². The van der Waals surface area contributed by atoms with E-state index in [4.69, 9.17) is 16.7 Å². The Morgan fingerprint density at radius 1 is 1.25 bits per heavy atom. The number of carboxylic acids is 1. The Bertz CT molecular complexity index is 628. The second kappa shape index (κ2) is 5.92. The fourth-order valence-electron chi connectivity index (χ4n) is 1.84. The Morgan fingerprint density at radius 3 is 2.50 bits per heavy atom. The van der Waals surface area contributed by atoms with Crippen LogP contribution in [0.4, 0.5) is 10.1 Å². The molecule has 0 aliphatic carbocycles. The van der Waals surface area contributed by atoms with E-state index in [1.54, 1.807) is 12.1 Å². The summed E-state index contributed by atoms with van der Waals surface area (Å²) in [6, 6.07) is 10.6. The zero-order valence-corrected chi connectivity index (χ0v) is 11.5. The highest BCUT2D eigenvalue weighted by Gasteiger charge is 2.11. The van der Waals surface area contributed by atoms with Gasteiger partial charge in [-0.1, -0.05) is 23.7 Å². The molecule has 1 atom stereocenters. The molecule has 2 N–H and O–H groups in total. The van der Waals surface area contributed by atoms with E-state index in [0.717, 1.165) is 11.6 Å². The van der Waals surface area contributed by atoms with Crippen molar-refractivity contribution < 1.29 is 14.3 Å². The van der Waals surface area contributed by atoms with Crippen LogP contribution in [0.5, 0.6) is 0 Å². The fourth-order valence-corrected chi connectivity index (χ4v) is 1.96. The lowest BCUT2D eigenvalue weighted by atomic mass is 10.1. The maximum absolute atomic E-state index is 13.7. The molecule has 0 aliphatic heterocycles. The molecule has 0 bridgehead atoms. The number of anilines is 1. The first kappa shape index (κ1) is 14.3. The van der Waals surface area contributed by atoms with Crippen LogP contribution in [-0.2, 0) is 0 Å². The second-order valence-corrected chi connectivity index (χ2v) is 4.85. The molecule has 2 aromatic rings. The predicted octanol–water partition coefficient (Wildman–Crippen LogP) is 4.35. The number of halogens is 2. The van der Waals surface area contributed by atoms with Crippen LogP contribution in [0.3, 0.4) is 0 Å². The maximum Gasteiger partial charge on any atom is 0.335 e. The van der Waals surface area contributed by atoms with Crippen LogP contribution in [0.2, 0.25) is 5.02 Å². The van der Waals surface area contributed by atoms with Crippen LogP contribution in [0.1, 0.15) is 28.9 Å². The minimum absolute atomic E-state index is 0.0391. The van der Waals surface area contributed by atoms with Crippen molar-refractivity contribution in [2.24, 2.45) is 0 Å². The van der Waals surface area contributed by atoms with Crippen molar-refractivity contribution in [2.75, 3.05) is 5.32 Å². The normalized spacial score (nSPS) is 11.9. The van der Waals surface area contributed by atoms with Gasteiger partial charge in [-0.25, -0.2) is 9.18 Å². The summed E-state index contributed by atoms with van der Waals surface area (Å²) in [4.78, 5) is 10.9. The second-order valence-electron chi connectivity index (χ2n) is 4.42. The molecule has 3 nitrogen and oxygen atoms in total. The van der Waals surface area contributed by atoms with Crippen molar-refractivity contribution in [3.05, 3.63) is 64.4 Å². The summed E-state index contributed by atoms with van der Waals surface area (Å²) in [5.74, 6) is -1.58. The topological polar surface area (TPSA) is 49.3 Å². The number of rotatable bonds is 4. The van der Waals surface area contributed by atoms with Gasteiger partial charge in [0.2, 0.25) is 0 Å². The third kappa shape index (κ3) is 3.27. The highest BCUT2D eigenvalue weighted by molar-refractivity contribution is 6.30. The Kier molecular flexibility index (Phi) is 4.25. The SMILES string of the molecule is CC(Nc1cc(C(=O)O)ccc1F)c1ccc(Cl)cc1. The van der Waals surface area contributed by atoms with E-state index in [-0.39, 0.29) is 17.3 Å². The molecule has 20 heavy (non-hydrogen) atoms. The number of nitrogens with one attached hydrogen (secondary N) is 1. The molecule has 0 aliphatic rings. The van der Waals surface area contributed by atoms with Crippen LogP contribution in [0, 0.1) is 5.82 Å². The smallest absolute Gasteiger partial charge is 0.335 e. The van der Waals surface area contributed by atoms with Gasteiger partial charge in [-0.15, -0.1) is 0 Å². The van der Waals surface area contributed by atoms with Crippen molar-refractivity contribution in [1.82, 2.24) is 0 Å². The molecule has 0 amide bonds. The minimum Gasteiger partial charge on any atom is -0.478 e. The summed E-state index contributed by atoms with van der Waals surface area (Å²) in [5, 5.41) is 12.5. The number of carbonyl (C=O) groups is 1. The maximum atomic E-state index is 13.7. The first-order chi connectivity index (χ1) is 9.47. The average Bonchev–Trinajstić information content (AvgIpc) is 2.41. The van der Waals surface area contributed by atoms with E-state index >= 15 is 0 Å². The van der Waals surface area contributed by atoms with Gasteiger partial charge in [-0.05, 0) is 42.8 Å². The highest BCUT2D eigenvalue weighted by Crippen LogP contribution is 2.23. The van der Waals surface area contributed by atoms with E-state index < -0.39 is 11.8 Å². The van der Waals surface area contributed by atoms with Crippen LogP contribution in [0.15, 0.2) is 42.5 Å². The van der Waals surface area contributed by atoms with E-state index in [2.05, 4.69) is 5.32 Å². The lowest BCUT2D eigenvalue weighted by Crippen LogP contribution is -2.09. The largest absolute Gasteiger partial charge is 0.478 e. The van der Waals surface area contributed by atoms with Gasteiger partial charge in [0, 0.05) is 11.1 Å². The van der Waals surface area contributed by atoms with Crippen LogP contribution >= 0.6 is 11.6 Å². The molecule has 5 heteroatoms. The van der Waals surface area contributed by atoms with Gasteiger partial charge >= 0.3 is 5.97 Å². The van der Waals surface area contributed by atoms with Crippen molar-refractivity contribution in [3.8, 4) is 0 Å². The first-order valence-corrected chi connectivity index (χ1v) is 6.40. The Hall–Kier alpha value is -2.07. The minimum atomic E-state index is -1.09. The first-order valence-electron chi connectivity index (χ1n) is 6.02. The monoisotopic (exact) mass is 293 g/mol. The third-order valence-electron chi connectivity index (χ3n) is 2.96. The van der Waals surface area contributed by atoms with Gasteiger partial charge in [0.15, 0.2) is 0 Å². The molecule has 0 aromatic heterocycles. The summed E-state index contributed by atoms with van der Waals surface area (Å²) < 4.78 is 13.7. The molecule has 0 fully saturated rings.